The highest BCUT2D eigenvalue weighted by Crippen LogP contribution is 2.58. The molecule has 1 amide bonds. The van der Waals surface area contributed by atoms with E-state index in [0.29, 0.717) is 18.4 Å². The molecule has 1 saturated carbocycles. The van der Waals surface area contributed by atoms with Crippen molar-refractivity contribution in [1.82, 2.24) is 5.32 Å². The summed E-state index contributed by atoms with van der Waals surface area (Å²) in [4.78, 5) is 39.5. The molecule has 0 unspecified atom stereocenters. The molecule has 7 nitrogen and oxygen atoms in total. The lowest BCUT2D eigenvalue weighted by molar-refractivity contribution is -0.166. The fraction of sp³-hybridized carbons (Fsp3) is 0.500. The van der Waals surface area contributed by atoms with E-state index in [-0.39, 0.29) is 23.7 Å². The van der Waals surface area contributed by atoms with E-state index in [1.54, 1.807) is 19.1 Å². The number of esters is 1. The van der Waals surface area contributed by atoms with Crippen LogP contribution in [-0.2, 0) is 25.5 Å². The van der Waals surface area contributed by atoms with Gasteiger partial charge in [0, 0.05) is 30.7 Å². The second kappa shape index (κ2) is 10.0. The predicted molar refractivity (Wildman–Crippen MR) is 139 cm³/mol. The maximum Gasteiger partial charge on any atom is 0.303 e. The molecule has 1 aromatic rings. The molecule has 2 aliphatic carbocycles. The minimum absolute atomic E-state index is 0.287. The van der Waals surface area contributed by atoms with Gasteiger partial charge in [0.2, 0.25) is 5.91 Å². The molecule has 4 rings (SSSR count). The number of Topliss-reactive ketones (excluding diaryl/α,β-unsaturated/α-hetero) is 1. The van der Waals surface area contributed by atoms with E-state index in [0.717, 1.165) is 5.56 Å². The van der Waals surface area contributed by atoms with Crippen LogP contribution in [-0.4, -0.2) is 51.7 Å². The molecule has 2 fully saturated rings. The number of nitrogens with one attached hydrogen (secondary N) is 1. The topological polar surface area (TPSA) is 113 Å². The highest BCUT2D eigenvalue weighted by molar-refractivity contribution is 5.91. The second-order valence-electron chi connectivity index (χ2n) is 11.0. The fourth-order valence-corrected chi connectivity index (χ4v) is 6.68. The second-order valence-corrected chi connectivity index (χ2v) is 11.0. The standard InChI is InChI=1S/C30H37NO6/c1-17-10-9-13-22-26(33)19(3)18(2)25-23(16-21-11-7-6-8-12-21)31-28(35)30(22,25)24(37-20(4)32)14-15-29(5,36)27(17)34/h6-9,11-15,17-18,22-26,33,36H,3,10,16H2,1-2,4-5H3,(H,31,35)/b13-9-,15-14-/t17-,18+,22-,23+,24+,25-,26+,29-,30-/m0/s1. The van der Waals surface area contributed by atoms with Crippen molar-refractivity contribution >= 4 is 17.7 Å². The van der Waals surface area contributed by atoms with Gasteiger partial charge in [-0.3, -0.25) is 14.4 Å². The number of benzene rings is 1. The van der Waals surface area contributed by atoms with Gasteiger partial charge in [-0.25, -0.2) is 0 Å². The summed E-state index contributed by atoms with van der Waals surface area (Å²) in [6.07, 6.45) is 5.01. The third-order valence-corrected chi connectivity index (χ3v) is 8.53. The summed E-state index contributed by atoms with van der Waals surface area (Å²) in [6.45, 7) is 10.5. The highest BCUT2D eigenvalue weighted by Gasteiger charge is 2.68. The van der Waals surface area contributed by atoms with Crippen LogP contribution < -0.4 is 5.32 Å². The lowest BCUT2D eigenvalue weighted by Gasteiger charge is -2.52. The average molecular weight is 508 g/mol. The summed E-state index contributed by atoms with van der Waals surface area (Å²) in [5.74, 6) is -3.26. The van der Waals surface area contributed by atoms with Gasteiger partial charge in [0.25, 0.3) is 0 Å². The van der Waals surface area contributed by atoms with E-state index in [1.165, 1.54) is 26.0 Å². The van der Waals surface area contributed by atoms with Crippen molar-refractivity contribution in [2.45, 2.75) is 64.4 Å². The molecule has 0 radical (unpaired) electrons. The number of ether oxygens (including phenoxy) is 1. The van der Waals surface area contributed by atoms with Crippen LogP contribution in [0.4, 0.5) is 0 Å². The minimum Gasteiger partial charge on any atom is -0.457 e. The Bertz CT molecular complexity index is 1140. The Balaban J connectivity index is 1.94. The van der Waals surface area contributed by atoms with E-state index in [1.807, 2.05) is 37.3 Å². The van der Waals surface area contributed by atoms with E-state index < -0.39 is 46.9 Å². The first-order valence-electron chi connectivity index (χ1n) is 12.9. The van der Waals surface area contributed by atoms with Crippen LogP contribution in [0.1, 0.15) is 39.7 Å². The van der Waals surface area contributed by atoms with Crippen molar-refractivity contribution < 1.29 is 29.3 Å². The van der Waals surface area contributed by atoms with Gasteiger partial charge >= 0.3 is 5.97 Å². The molecule has 1 aromatic carbocycles. The number of allylic oxidation sites excluding steroid dienone is 1. The maximum atomic E-state index is 14.2. The van der Waals surface area contributed by atoms with Crippen LogP contribution in [0.25, 0.3) is 0 Å². The fourth-order valence-electron chi connectivity index (χ4n) is 6.68. The summed E-state index contributed by atoms with van der Waals surface area (Å²) in [5, 5.41) is 25.7. The van der Waals surface area contributed by atoms with Crippen LogP contribution in [0.5, 0.6) is 0 Å². The summed E-state index contributed by atoms with van der Waals surface area (Å²) < 4.78 is 5.81. The first-order chi connectivity index (χ1) is 17.4. The largest absolute Gasteiger partial charge is 0.457 e. The smallest absolute Gasteiger partial charge is 0.303 e. The molecule has 0 bridgehead atoms. The van der Waals surface area contributed by atoms with Gasteiger partial charge in [-0.2, -0.15) is 0 Å². The van der Waals surface area contributed by atoms with Crippen molar-refractivity contribution in [2.24, 2.45) is 29.1 Å². The summed E-state index contributed by atoms with van der Waals surface area (Å²) in [5.41, 5.74) is -1.55. The molecular weight excluding hydrogens is 470 g/mol. The molecular formula is C30H37NO6. The maximum absolute atomic E-state index is 14.2. The van der Waals surface area contributed by atoms with Crippen molar-refractivity contribution in [3.05, 3.63) is 72.4 Å². The Kier molecular flexibility index (Phi) is 7.32. The van der Waals surface area contributed by atoms with E-state index in [2.05, 4.69) is 11.9 Å². The molecule has 198 valence electrons. The molecule has 1 saturated heterocycles. The van der Waals surface area contributed by atoms with E-state index in [4.69, 9.17) is 4.74 Å². The van der Waals surface area contributed by atoms with E-state index >= 15 is 0 Å². The quantitative estimate of drug-likeness (QED) is 0.428. The summed E-state index contributed by atoms with van der Waals surface area (Å²) in [7, 11) is 0. The Morgan fingerprint density at radius 3 is 2.51 bits per heavy atom. The third kappa shape index (κ3) is 4.59. The Morgan fingerprint density at radius 2 is 1.86 bits per heavy atom. The lowest BCUT2D eigenvalue weighted by atomic mass is 9.51. The van der Waals surface area contributed by atoms with Crippen molar-refractivity contribution in [3.8, 4) is 0 Å². The highest BCUT2D eigenvalue weighted by atomic mass is 16.5. The Labute approximate surface area is 218 Å². The SMILES string of the molecule is C=C1[C@@H](C)[C@H]2[C@@H](Cc3ccccc3)NC(=O)[C@@]23[C@H](OC(C)=O)/C=C\[C@](C)(O)C(=O)[C@@H](C)C/C=C\[C@H]3[C@@H]1O. The number of carbonyl (C=O) groups excluding carboxylic acids is 3. The van der Waals surface area contributed by atoms with Crippen molar-refractivity contribution in [2.75, 3.05) is 0 Å². The minimum atomic E-state index is -1.82. The molecule has 1 heterocycles. The normalized spacial score (nSPS) is 41.6. The molecule has 3 N–H and O–H groups in total. The van der Waals surface area contributed by atoms with Gasteiger partial charge in [-0.05, 0) is 49.0 Å². The zero-order chi connectivity index (χ0) is 27.1. The van der Waals surface area contributed by atoms with Gasteiger partial charge in [0.05, 0.1) is 6.10 Å². The number of rotatable bonds is 3. The van der Waals surface area contributed by atoms with Crippen LogP contribution >= 0.6 is 0 Å². The monoisotopic (exact) mass is 507 g/mol. The predicted octanol–water partition coefficient (Wildman–Crippen LogP) is 2.92. The van der Waals surface area contributed by atoms with Crippen LogP contribution in [0, 0.1) is 29.1 Å². The Hall–Kier alpha value is -3.03. The van der Waals surface area contributed by atoms with Gasteiger partial charge in [-0.15, -0.1) is 0 Å². The number of amides is 1. The number of carbonyl (C=O) groups is 3. The first-order valence-corrected chi connectivity index (χ1v) is 12.9. The van der Waals surface area contributed by atoms with Crippen LogP contribution in [0.2, 0.25) is 0 Å². The molecule has 37 heavy (non-hydrogen) atoms. The average Bonchev–Trinajstić information content (AvgIpc) is 3.13. The lowest BCUT2D eigenvalue weighted by Crippen LogP contribution is -2.60. The van der Waals surface area contributed by atoms with Crippen molar-refractivity contribution in [1.29, 1.82) is 0 Å². The van der Waals surface area contributed by atoms with E-state index in [9.17, 15) is 24.6 Å². The molecule has 3 aliphatic rings. The van der Waals surface area contributed by atoms with Gasteiger partial charge in [-0.1, -0.05) is 62.9 Å². The van der Waals surface area contributed by atoms with Gasteiger partial charge < -0.3 is 20.3 Å². The number of aliphatic hydroxyl groups is 2. The number of hydrogen-bond donors (Lipinski definition) is 3. The number of hydrogen-bond acceptors (Lipinski definition) is 6. The van der Waals surface area contributed by atoms with Crippen molar-refractivity contribution in [3.63, 3.8) is 0 Å². The molecule has 7 heteroatoms. The number of ketones is 1. The van der Waals surface area contributed by atoms with Crippen LogP contribution in [0.15, 0.2) is 66.8 Å². The first kappa shape index (κ1) is 27.0. The Morgan fingerprint density at radius 1 is 1.19 bits per heavy atom. The van der Waals surface area contributed by atoms with Crippen LogP contribution in [0.3, 0.4) is 0 Å². The number of aliphatic hydroxyl groups excluding tert-OH is 1. The molecule has 1 aliphatic heterocycles. The molecule has 1 spiro atoms. The van der Waals surface area contributed by atoms with Gasteiger partial charge in [0.15, 0.2) is 5.78 Å². The van der Waals surface area contributed by atoms with Gasteiger partial charge in [0.1, 0.15) is 17.1 Å². The zero-order valence-electron chi connectivity index (χ0n) is 21.9. The molecule has 9 atom stereocenters. The summed E-state index contributed by atoms with van der Waals surface area (Å²) in [6, 6.07) is 9.49. The molecule has 0 aromatic heterocycles. The zero-order valence-corrected chi connectivity index (χ0v) is 21.9. The third-order valence-electron chi connectivity index (χ3n) is 8.53. The summed E-state index contributed by atoms with van der Waals surface area (Å²) >= 11 is 0.